The van der Waals surface area contributed by atoms with Crippen LogP contribution >= 0.6 is 0 Å². The monoisotopic (exact) mass is 214 g/mol. The number of aliphatic hydroxyl groups excluding tert-OH is 1. The zero-order valence-corrected chi connectivity index (χ0v) is 9.32. The summed E-state index contributed by atoms with van der Waals surface area (Å²) >= 11 is 0. The fourth-order valence-corrected chi connectivity index (χ4v) is 2.91. The molecule has 0 radical (unpaired) electrons. The first kappa shape index (κ1) is 11.4. The number of hydrogen-bond donors (Lipinski definition) is 2. The van der Waals surface area contributed by atoms with Crippen molar-refractivity contribution in [3.63, 3.8) is 0 Å². The first-order valence-corrected chi connectivity index (χ1v) is 6.20. The Morgan fingerprint density at radius 3 is 2.47 bits per heavy atom. The van der Waals surface area contributed by atoms with Gasteiger partial charge in [-0.1, -0.05) is 19.3 Å². The van der Waals surface area contributed by atoms with Gasteiger partial charge in [-0.2, -0.15) is 0 Å². The number of hydrogen-bond acceptors (Lipinski definition) is 3. The van der Waals surface area contributed by atoms with E-state index in [0.717, 1.165) is 45.1 Å². The molecule has 3 heteroatoms. The average molecular weight is 214 g/mol. The molecule has 0 aromatic carbocycles. The van der Waals surface area contributed by atoms with E-state index < -0.39 is 11.7 Å². The van der Waals surface area contributed by atoms with E-state index in [9.17, 15) is 10.2 Å². The molecule has 2 fully saturated rings. The van der Waals surface area contributed by atoms with Gasteiger partial charge in [-0.15, -0.1) is 0 Å². The van der Waals surface area contributed by atoms with Crippen LogP contribution in [0.2, 0.25) is 0 Å². The molecule has 2 aliphatic rings. The van der Waals surface area contributed by atoms with E-state index in [1.165, 1.54) is 6.42 Å². The van der Waals surface area contributed by atoms with Gasteiger partial charge in [0, 0.05) is 12.5 Å². The number of ether oxygens (including phenoxy) is 1. The molecular formula is C12H22O3. The minimum absolute atomic E-state index is 0.141. The van der Waals surface area contributed by atoms with Crippen LogP contribution in [0.3, 0.4) is 0 Å². The van der Waals surface area contributed by atoms with Gasteiger partial charge >= 0.3 is 0 Å². The third kappa shape index (κ3) is 2.52. The van der Waals surface area contributed by atoms with Gasteiger partial charge in [-0.05, 0) is 25.7 Å². The molecular weight excluding hydrogens is 192 g/mol. The van der Waals surface area contributed by atoms with Crippen molar-refractivity contribution in [2.75, 3.05) is 13.2 Å². The molecule has 1 saturated heterocycles. The lowest BCUT2D eigenvalue weighted by Gasteiger charge is -2.41. The highest BCUT2D eigenvalue weighted by Gasteiger charge is 2.41. The molecule has 2 rings (SSSR count). The Labute approximate surface area is 91.4 Å². The van der Waals surface area contributed by atoms with E-state index >= 15 is 0 Å². The van der Waals surface area contributed by atoms with Crippen LogP contribution in [0.5, 0.6) is 0 Å². The van der Waals surface area contributed by atoms with Crippen molar-refractivity contribution in [2.24, 2.45) is 5.92 Å². The lowest BCUT2D eigenvalue weighted by Crippen LogP contribution is -2.49. The maximum Gasteiger partial charge on any atom is 0.0909 e. The SMILES string of the molecule is OC(C1CCCOC1)C1(O)CCCCC1. The Bertz CT molecular complexity index is 193. The molecule has 88 valence electrons. The standard InChI is InChI=1S/C12H22O3/c13-11(10-5-4-8-15-9-10)12(14)6-2-1-3-7-12/h10-11,13-14H,1-9H2. The second-order valence-corrected chi connectivity index (χ2v) is 5.09. The fraction of sp³-hybridized carbons (Fsp3) is 1.00. The maximum atomic E-state index is 10.4. The molecule has 3 nitrogen and oxygen atoms in total. The van der Waals surface area contributed by atoms with Crippen LogP contribution < -0.4 is 0 Å². The molecule has 0 aromatic rings. The third-order valence-electron chi connectivity index (χ3n) is 3.91. The quantitative estimate of drug-likeness (QED) is 0.732. The van der Waals surface area contributed by atoms with Crippen molar-refractivity contribution in [3.05, 3.63) is 0 Å². The van der Waals surface area contributed by atoms with Gasteiger partial charge < -0.3 is 14.9 Å². The summed E-state index contributed by atoms with van der Waals surface area (Å²) in [5.41, 5.74) is -0.830. The maximum absolute atomic E-state index is 10.4. The van der Waals surface area contributed by atoms with Gasteiger partial charge in [-0.3, -0.25) is 0 Å². The number of aliphatic hydroxyl groups is 2. The molecule has 15 heavy (non-hydrogen) atoms. The fourth-order valence-electron chi connectivity index (χ4n) is 2.91. The first-order valence-electron chi connectivity index (χ1n) is 6.20. The van der Waals surface area contributed by atoms with E-state index in [1.807, 2.05) is 0 Å². The molecule has 2 N–H and O–H groups in total. The van der Waals surface area contributed by atoms with Gasteiger partial charge in [0.2, 0.25) is 0 Å². The average Bonchev–Trinajstić information content (AvgIpc) is 2.30. The summed E-state index contributed by atoms with van der Waals surface area (Å²) in [5.74, 6) is 0.141. The third-order valence-corrected chi connectivity index (χ3v) is 3.91. The predicted molar refractivity (Wildman–Crippen MR) is 57.6 cm³/mol. The predicted octanol–water partition coefficient (Wildman–Crippen LogP) is 1.47. The van der Waals surface area contributed by atoms with Gasteiger partial charge in [0.1, 0.15) is 0 Å². The van der Waals surface area contributed by atoms with Gasteiger partial charge in [0.25, 0.3) is 0 Å². The van der Waals surface area contributed by atoms with Crippen LogP contribution in [0.1, 0.15) is 44.9 Å². The van der Waals surface area contributed by atoms with Gasteiger partial charge in [-0.25, -0.2) is 0 Å². The van der Waals surface area contributed by atoms with Gasteiger partial charge in [0.05, 0.1) is 18.3 Å². The zero-order chi connectivity index (χ0) is 10.7. The van der Waals surface area contributed by atoms with Crippen LogP contribution in [0.15, 0.2) is 0 Å². The zero-order valence-electron chi connectivity index (χ0n) is 9.32. The summed E-state index contributed by atoms with van der Waals surface area (Å²) in [5, 5.41) is 20.6. The van der Waals surface area contributed by atoms with E-state index in [2.05, 4.69) is 0 Å². The first-order chi connectivity index (χ1) is 7.22. The Morgan fingerprint density at radius 2 is 1.87 bits per heavy atom. The van der Waals surface area contributed by atoms with Crippen LogP contribution in [0.25, 0.3) is 0 Å². The van der Waals surface area contributed by atoms with Crippen LogP contribution in [-0.2, 0) is 4.74 Å². The van der Waals surface area contributed by atoms with Gasteiger partial charge in [0.15, 0.2) is 0 Å². The highest BCUT2D eigenvalue weighted by atomic mass is 16.5. The van der Waals surface area contributed by atoms with Crippen LogP contribution in [0.4, 0.5) is 0 Å². The molecule has 0 aromatic heterocycles. The summed E-state index contributed by atoms with van der Waals surface area (Å²) in [6, 6.07) is 0. The highest BCUT2D eigenvalue weighted by Crippen LogP contribution is 2.35. The van der Waals surface area contributed by atoms with Crippen molar-refractivity contribution in [3.8, 4) is 0 Å². The lowest BCUT2D eigenvalue weighted by atomic mass is 9.75. The molecule has 2 atom stereocenters. The molecule has 1 aliphatic carbocycles. The normalized spacial score (nSPS) is 33.6. The molecule has 2 unspecified atom stereocenters. The molecule has 1 aliphatic heterocycles. The largest absolute Gasteiger partial charge is 0.390 e. The summed E-state index contributed by atoms with van der Waals surface area (Å²) < 4.78 is 5.37. The van der Waals surface area contributed by atoms with Crippen molar-refractivity contribution in [1.82, 2.24) is 0 Å². The van der Waals surface area contributed by atoms with Crippen molar-refractivity contribution < 1.29 is 14.9 Å². The summed E-state index contributed by atoms with van der Waals surface area (Å²) in [4.78, 5) is 0. The second kappa shape index (κ2) is 4.81. The lowest BCUT2D eigenvalue weighted by molar-refractivity contribution is -0.139. The van der Waals surface area contributed by atoms with Crippen molar-refractivity contribution in [1.29, 1.82) is 0 Å². The summed E-state index contributed by atoms with van der Waals surface area (Å²) in [7, 11) is 0. The minimum Gasteiger partial charge on any atom is -0.390 e. The van der Waals surface area contributed by atoms with E-state index in [-0.39, 0.29) is 5.92 Å². The Balaban J connectivity index is 1.94. The molecule has 1 saturated carbocycles. The van der Waals surface area contributed by atoms with Crippen LogP contribution in [0, 0.1) is 5.92 Å². The van der Waals surface area contributed by atoms with E-state index in [0.29, 0.717) is 6.61 Å². The molecule has 0 amide bonds. The minimum atomic E-state index is -0.830. The number of rotatable bonds is 2. The summed E-state index contributed by atoms with van der Waals surface area (Å²) in [6.07, 6.45) is 6.20. The van der Waals surface area contributed by atoms with E-state index in [1.54, 1.807) is 0 Å². The smallest absolute Gasteiger partial charge is 0.0909 e. The van der Waals surface area contributed by atoms with Crippen LogP contribution in [-0.4, -0.2) is 35.1 Å². The second-order valence-electron chi connectivity index (χ2n) is 5.09. The Morgan fingerprint density at radius 1 is 1.13 bits per heavy atom. The summed E-state index contributed by atoms with van der Waals surface area (Å²) in [6.45, 7) is 1.42. The highest BCUT2D eigenvalue weighted by molar-refractivity contribution is 4.93. The van der Waals surface area contributed by atoms with Crippen molar-refractivity contribution in [2.45, 2.75) is 56.7 Å². The topological polar surface area (TPSA) is 49.7 Å². The van der Waals surface area contributed by atoms with Crippen molar-refractivity contribution >= 4 is 0 Å². The molecule has 0 bridgehead atoms. The Hall–Kier alpha value is -0.120. The molecule has 1 heterocycles. The Kier molecular flexibility index (Phi) is 3.65. The molecule has 0 spiro atoms. The van der Waals surface area contributed by atoms with E-state index in [4.69, 9.17) is 4.74 Å².